The number of imide groups is 1. The fraction of sp³-hybridized carbons (Fsp3) is 0.600. The molecular weight excluding hydrogens is 330 g/mol. The van der Waals surface area contributed by atoms with Gasteiger partial charge in [0.15, 0.2) is 0 Å². The first kappa shape index (κ1) is 20.2. The molecule has 1 fully saturated rings. The summed E-state index contributed by atoms with van der Waals surface area (Å²) in [5.41, 5.74) is 1.08. The summed E-state index contributed by atoms with van der Waals surface area (Å²) in [7, 11) is 1.63. The molecule has 1 aromatic carbocycles. The molecule has 0 radical (unpaired) electrons. The van der Waals surface area contributed by atoms with Crippen LogP contribution in [0.25, 0.3) is 0 Å². The van der Waals surface area contributed by atoms with Gasteiger partial charge in [0, 0.05) is 12.1 Å². The lowest BCUT2D eigenvalue weighted by Crippen LogP contribution is -2.51. The Morgan fingerprint density at radius 3 is 2.38 bits per heavy atom. The maximum Gasteiger partial charge on any atom is 0.321 e. The molecule has 1 aromatic rings. The Hall–Kier alpha value is -2.08. The van der Waals surface area contributed by atoms with Gasteiger partial charge in [-0.2, -0.15) is 0 Å². The van der Waals surface area contributed by atoms with E-state index in [1.807, 2.05) is 24.3 Å². The van der Waals surface area contributed by atoms with E-state index in [1.54, 1.807) is 14.0 Å². The number of ether oxygens (including phenoxy) is 1. The van der Waals surface area contributed by atoms with Crippen LogP contribution in [0.15, 0.2) is 24.3 Å². The van der Waals surface area contributed by atoms with E-state index in [4.69, 9.17) is 4.74 Å². The number of rotatable bonds is 7. The molecule has 3 amide bonds. The highest BCUT2D eigenvalue weighted by molar-refractivity contribution is 5.96. The molecule has 0 aliphatic heterocycles. The molecule has 1 saturated carbocycles. The first-order chi connectivity index (χ1) is 12.5. The Balaban J connectivity index is 1.84. The summed E-state index contributed by atoms with van der Waals surface area (Å²) in [4.78, 5) is 24.4. The van der Waals surface area contributed by atoms with Crippen LogP contribution in [0.5, 0.6) is 5.75 Å². The van der Waals surface area contributed by atoms with Crippen LogP contribution < -0.4 is 20.7 Å². The molecule has 0 spiro atoms. The summed E-state index contributed by atoms with van der Waals surface area (Å²) in [6.07, 6.45) is 6.31. The minimum absolute atomic E-state index is 0.0306. The molecule has 1 aliphatic rings. The van der Waals surface area contributed by atoms with Gasteiger partial charge < -0.3 is 10.1 Å². The molecule has 0 bridgehead atoms. The number of carbonyl (C=O) groups excluding carboxylic acids is 2. The van der Waals surface area contributed by atoms with E-state index in [1.165, 1.54) is 6.42 Å². The molecule has 144 valence electrons. The Labute approximate surface area is 156 Å². The average Bonchev–Trinajstić information content (AvgIpc) is 2.66. The topological polar surface area (TPSA) is 79.5 Å². The van der Waals surface area contributed by atoms with Gasteiger partial charge >= 0.3 is 6.03 Å². The molecule has 0 unspecified atom stereocenters. The first-order valence-electron chi connectivity index (χ1n) is 9.54. The standard InChI is InChI=1S/C20H31N3O3/c1-4-18(15-10-12-17(26-3)13-11-15)21-14(2)19(24)23-20(25)22-16-8-6-5-7-9-16/h10-14,16,18,21H,4-9H2,1-3H3,(H2,22,23,24,25)/t14-,18-/m0/s1. The summed E-state index contributed by atoms with van der Waals surface area (Å²) < 4.78 is 5.18. The number of hydrogen-bond acceptors (Lipinski definition) is 4. The van der Waals surface area contributed by atoms with Gasteiger partial charge in [0.1, 0.15) is 5.75 Å². The smallest absolute Gasteiger partial charge is 0.321 e. The van der Waals surface area contributed by atoms with Crippen LogP contribution in [-0.4, -0.2) is 31.1 Å². The van der Waals surface area contributed by atoms with E-state index < -0.39 is 12.1 Å². The predicted molar refractivity (Wildman–Crippen MR) is 102 cm³/mol. The molecular formula is C20H31N3O3. The van der Waals surface area contributed by atoms with Crippen LogP contribution in [0.1, 0.15) is 64.0 Å². The van der Waals surface area contributed by atoms with Gasteiger partial charge in [-0.05, 0) is 43.9 Å². The zero-order valence-corrected chi connectivity index (χ0v) is 16.0. The highest BCUT2D eigenvalue weighted by Crippen LogP contribution is 2.20. The fourth-order valence-corrected chi connectivity index (χ4v) is 3.35. The normalized spacial score (nSPS) is 17.2. The highest BCUT2D eigenvalue weighted by atomic mass is 16.5. The number of benzene rings is 1. The molecule has 2 atom stereocenters. The summed E-state index contributed by atoms with van der Waals surface area (Å²) in [6.45, 7) is 3.83. The van der Waals surface area contributed by atoms with E-state index in [-0.39, 0.29) is 18.0 Å². The molecule has 0 aromatic heterocycles. The fourth-order valence-electron chi connectivity index (χ4n) is 3.35. The van der Waals surface area contributed by atoms with Gasteiger partial charge in [0.2, 0.25) is 5.91 Å². The van der Waals surface area contributed by atoms with Crippen LogP contribution in [-0.2, 0) is 4.79 Å². The lowest BCUT2D eigenvalue weighted by molar-refractivity contribution is -0.121. The number of nitrogens with one attached hydrogen (secondary N) is 3. The van der Waals surface area contributed by atoms with Crippen molar-refractivity contribution in [1.82, 2.24) is 16.0 Å². The van der Waals surface area contributed by atoms with Crippen molar-refractivity contribution >= 4 is 11.9 Å². The molecule has 0 heterocycles. The third-order valence-electron chi connectivity index (χ3n) is 4.95. The maximum atomic E-state index is 12.3. The quantitative estimate of drug-likeness (QED) is 0.696. The predicted octanol–water partition coefficient (Wildman–Crippen LogP) is 3.28. The van der Waals surface area contributed by atoms with E-state index >= 15 is 0 Å². The van der Waals surface area contributed by atoms with Crippen molar-refractivity contribution < 1.29 is 14.3 Å². The molecule has 2 rings (SSSR count). The lowest BCUT2D eigenvalue weighted by Gasteiger charge is -2.24. The number of methoxy groups -OCH3 is 1. The molecule has 0 saturated heterocycles. The molecule has 6 heteroatoms. The van der Waals surface area contributed by atoms with Crippen LogP contribution in [0.4, 0.5) is 4.79 Å². The lowest BCUT2D eigenvalue weighted by atomic mass is 9.96. The second kappa shape index (κ2) is 10.2. The van der Waals surface area contributed by atoms with Gasteiger partial charge in [-0.15, -0.1) is 0 Å². The van der Waals surface area contributed by atoms with E-state index in [0.29, 0.717) is 0 Å². The van der Waals surface area contributed by atoms with Gasteiger partial charge in [-0.1, -0.05) is 38.3 Å². The second-order valence-corrected chi connectivity index (χ2v) is 6.92. The van der Waals surface area contributed by atoms with Crippen molar-refractivity contribution in [1.29, 1.82) is 0 Å². The highest BCUT2D eigenvalue weighted by Gasteiger charge is 2.21. The molecule has 3 N–H and O–H groups in total. The Morgan fingerprint density at radius 2 is 1.81 bits per heavy atom. The Kier molecular flexibility index (Phi) is 7.91. The van der Waals surface area contributed by atoms with E-state index in [0.717, 1.165) is 43.4 Å². The number of amides is 3. The maximum absolute atomic E-state index is 12.3. The van der Waals surface area contributed by atoms with Crippen LogP contribution in [0, 0.1) is 0 Å². The van der Waals surface area contributed by atoms with E-state index in [9.17, 15) is 9.59 Å². The van der Waals surface area contributed by atoms with Crippen LogP contribution in [0.3, 0.4) is 0 Å². The van der Waals surface area contributed by atoms with Crippen LogP contribution >= 0.6 is 0 Å². The van der Waals surface area contributed by atoms with Crippen molar-refractivity contribution in [2.24, 2.45) is 0 Å². The zero-order chi connectivity index (χ0) is 18.9. The summed E-state index contributed by atoms with van der Waals surface area (Å²) in [6, 6.07) is 7.13. The summed E-state index contributed by atoms with van der Waals surface area (Å²) >= 11 is 0. The van der Waals surface area contributed by atoms with Crippen LogP contribution in [0.2, 0.25) is 0 Å². The van der Waals surface area contributed by atoms with Gasteiger partial charge in [0.25, 0.3) is 0 Å². The minimum atomic E-state index is -0.473. The molecule has 26 heavy (non-hydrogen) atoms. The number of hydrogen-bond donors (Lipinski definition) is 3. The number of urea groups is 1. The van der Waals surface area contributed by atoms with Crippen molar-refractivity contribution in [2.75, 3.05) is 7.11 Å². The summed E-state index contributed by atoms with van der Waals surface area (Å²) in [5.74, 6) is 0.485. The number of carbonyl (C=O) groups is 2. The van der Waals surface area contributed by atoms with Crippen molar-refractivity contribution in [3.05, 3.63) is 29.8 Å². The van der Waals surface area contributed by atoms with Gasteiger partial charge in [-0.25, -0.2) is 4.79 Å². The monoisotopic (exact) mass is 361 g/mol. The van der Waals surface area contributed by atoms with E-state index in [2.05, 4.69) is 22.9 Å². The Morgan fingerprint density at radius 1 is 1.15 bits per heavy atom. The third-order valence-corrected chi connectivity index (χ3v) is 4.95. The van der Waals surface area contributed by atoms with Crippen molar-refractivity contribution in [3.63, 3.8) is 0 Å². The minimum Gasteiger partial charge on any atom is -0.497 e. The van der Waals surface area contributed by atoms with Gasteiger partial charge in [0.05, 0.1) is 13.2 Å². The molecule has 6 nitrogen and oxygen atoms in total. The second-order valence-electron chi connectivity index (χ2n) is 6.92. The molecule has 1 aliphatic carbocycles. The largest absolute Gasteiger partial charge is 0.497 e. The SMILES string of the molecule is CC[C@H](N[C@@H](C)C(=O)NC(=O)NC1CCCCC1)c1ccc(OC)cc1. The van der Waals surface area contributed by atoms with Gasteiger partial charge in [-0.3, -0.25) is 15.4 Å². The Bertz CT molecular complexity index is 582. The average molecular weight is 361 g/mol. The zero-order valence-electron chi connectivity index (χ0n) is 16.0. The third kappa shape index (κ3) is 6.02. The summed E-state index contributed by atoms with van der Waals surface area (Å²) in [5, 5.41) is 8.65. The first-order valence-corrected chi connectivity index (χ1v) is 9.54. The van der Waals surface area contributed by atoms with Crippen molar-refractivity contribution in [2.45, 2.75) is 70.5 Å². The van der Waals surface area contributed by atoms with Crippen molar-refractivity contribution in [3.8, 4) is 5.75 Å².